The van der Waals surface area contributed by atoms with E-state index in [9.17, 15) is 4.79 Å². The van der Waals surface area contributed by atoms with Crippen molar-refractivity contribution in [3.63, 3.8) is 0 Å². The summed E-state index contributed by atoms with van der Waals surface area (Å²) in [5.41, 5.74) is 4.45. The summed E-state index contributed by atoms with van der Waals surface area (Å²) in [5, 5.41) is 0. The molecule has 1 aromatic carbocycles. The van der Waals surface area contributed by atoms with Gasteiger partial charge < -0.3 is 14.5 Å². The first-order valence-electron chi connectivity index (χ1n) is 10.7. The van der Waals surface area contributed by atoms with Gasteiger partial charge in [-0.2, -0.15) is 0 Å². The van der Waals surface area contributed by atoms with Crippen molar-refractivity contribution in [3.8, 4) is 5.75 Å². The van der Waals surface area contributed by atoms with Crippen molar-refractivity contribution < 1.29 is 9.53 Å². The Hall–Kier alpha value is -3.41. The first kappa shape index (κ1) is 20.8. The maximum atomic E-state index is 12.5. The van der Waals surface area contributed by atoms with Gasteiger partial charge in [-0.25, -0.2) is 9.78 Å². The molecule has 160 valence electrons. The van der Waals surface area contributed by atoms with Crippen LogP contribution in [0.4, 0.5) is 10.6 Å². The van der Waals surface area contributed by atoms with E-state index < -0.39 is 0 Å². The van der Waals surface area contributed by atoms with Crippen LogP contribution < -0.4 is 9.64 Å². The lowest BCUT2D eigenvalue weighted by atomic mass is 10.1. The molecule has 6 heteroatoms. The number of hydrogen-bond donors (Lipinski definition) is 0. The van der Waals surface area contributed by atoms with Crippen LogP contribution in [0.1, 0.15) is 22.5 Å². The second-order valence-corrected chi connectivity index (χ2v) is 7.95. The van der Waals surface area contributed by atoms with Gasteiger partial charge in [-0.05, 0) is 68.1 Å². The highest BCUT2D eigenvalue weighted by Crippen LogP contribution is 2.17. The first-order chi connectivity index (χ1) is 15.1. The molecule has 4 rings (SSSR count). The summed E-state index contributed by atoms with van der Waals surface area (Å²) in [4.78, 5) is 25.5. The van der Waals surface area contributed by atoms with Crippen molar-refractivity contribution >= 4 is 11.9 Å². The van der Waals surface area contributed by atoms with Gasteiger partial charge in [-0.3, -0.25) is 4.98 Å². The third-order valence-electron chi connectivity index (χ3n) is 5.51. The molecule has 0 N–H and O–H groups in total. The summed E-state index contributed by atoms with van der Waals surface area (Å²) in [6, 6.07) is 17.9. The molecule has 31 heavy (non-hydrogen) atoms. The van der Waals surface area contributed by atoms with Gasteiger partial charge in [-0.1, -0.05) is 24.3 Å². The molecule has 1 aliphatic rings. The van der Waals surface area contributed by atoms with Crippen molar-refractivity contribution in [2.75, 3.05) is 31.1 Å². The fourth-order valence-electron chi connectivity index (χ4n) is 3.63. The molecule has 3 aromatic rings. The van der Waals surface area contributed by atoms with Gasteiger partial charge in [0.25, 0.3) is 0 Å². The quantitative estimate of drug-likeness (QED) is 0.624. The van der Waals surface area contributed by atoms with Crippen LogP contribution in [0, 0.1) is 13.8 Å². The number of carbonyl (C=O) groups is 1. The number of piperazine rings is 1. The minimum Gasteiger partial charge on any atom is -0.410 e. The Labute approximate surface area is 183 Å². The third-order valence-corrected chi connectivity index (χ3v) is 5.51. The van der Waals surface area contributed by atoms with Crippen LogP contribution >= 0.6 is 0 Å². The summed E-state index contributed by atoms with van der Waals surface area (Å²) in [6.45, 7) is 6.76. The van der Waals surface area contributed by atoms with Crippen LogP contribution in [0.2, 0.25) is 0 Å². The minimum atomic E-state index is -0.298. The Bertz CT molecular complexity index is 1010. The second kappa shape index (κ2) is 9.60. The van der Waals surface area contributed by atoms with E-state index in [2.05, 4.69) is 27.0 Å². The average molecular weight is 417 g/mol. The number of nitrogens with zero attached hydrogens (tertiary/aromatic N) is 4. The van der Waals surface area contributed by atoms with Crippen molar-refractivity contribution in [2.45, 2.75) is 26.7 Å². The molecule has 0 bridgehead atoms. The molecule has 1 saturated heterocycles. The van der Waals surface area contributed by atoms with Gasteiger partial charge in [-0.15, -0.1) is 0 Å². The molecule has 1 amide bonds. The van der Waals surface area contributed by atoms with E-state index in [0.29, 0.717) is 18.8 Å². The highest BCUT2D eigenvalue weighted by Gasteiger charge is 2.23. The van der Waals surface area contributed by atoms with E-state index in [1.165, 1.54) is 11.1 Å². The first-order valence-corrected chi connectivity index (χ1v) is 10.7. The lowest BCUT2D eigenvalue weighted by molar-refractivity contribution is 0.149. The third kappa shape index (κ3) is 5.60. The number of rotatable bonds is 5. The molecule has 0 radical (unpaired) electrons. The molecule has 1 fully saturated rings. The Balaban J connectivity index is 1.25. The highest BCUT2D eigenvalue weighted by atomic mass is 16.6. The number of hydrogen-bond acceptors (Lipinski definition) is 5. The Morgan fingerprint density at radius 1 is 0.935 bits per heavy atom. The monoisotopic (exact) mass is 416 g/mol. The molecule has 2 aromatic heterocycles. The molecule has 0 atom stereocenters. The summed E-state index contributed by atoms with van der Waals surface area (Å²) in [5.74, 6) is 1.54. The van der Waals surface area contributed by atoms with E-state index in [-0.39, 0.29) is 6.09 Å². The molecular weight excluding hydrogens is 388 g/mol. The van der Waals surface area contributed by atoms with Crippen LogP contribution in [-0.4, -0.2) is 47.1 Å². The number of aryl methyl sites for hydroxylation is 4. The van der Waals surface area contributed by atoms with Crippen LogP contribution in [0.15, 0.2) is 60.8 Å². The SMILES string of the molecule is Cc1ccc(CCc2ccc(OC(=O)N3CCN(c4cccc(C)n4)CC3)cc2)nc1. The van der Waals surface area contributed by atoms with E-state index in [4.69, 9.17) is 4.74 Å². The predicted octanol–water partition coefficient (Wildman–Crippen LogP) is 4.20. The largest absolute Gasteiger partial charge is 0.415 e. The summed E-state index contributed by atoms with van der Waals surface area (Å²) < 4.78 is 5.59. The van der Waals surface area contributed by atoms with E-state index in [1.807, 2.05) is 62.5 Å². The molecule has 1 aliphatic heterocycles. The second-order valence-electron chi connectivity index (χ2n) is 7.95. The normalized spacial score (nSPS) is 13.9. The number of ether oxygens (including phenoxy) is 1. The molecule has 0 aliphatic carbocycles. The number of amides is 1. The molecule has 0 spiro atoms. The van der Waals surface area contributed by atoms with Crippen molar-refractivity contribution in [1.29, 1.82) is 0 Å². The number of aromatic nitrogens is 2. The topological polar surface area (TPSA) is 58.6 Å². The molecule has 3 heterocycles. The van der Waals surface area contributed by atoms with Crippen molar-refractivity contribution in [1.82, 2.24) is 14.9 Å². The molecular formula is C25H28N4O2. The number of carbonyl (C=O) groups excluding carboxylic acids is 1. The maximum absolute atomic E-state index is 12.5. The zero-order valence-corrected chi connectivity index (χ0v) is 18.1. The lowest BCUT2D eigenvalue weighted by Crippen LogP contribution is -2.49. The van der Waals surface area contributed by atoms with Crippen LogP contribution in [0.5, 0.6) is 5.75 Å². The van der Waals surface area contributed by atoms with Crippen LogP contribution in [0.3, 0.4) is 0 Å². The van der Waals surface area contributed by atoms with E-state index in [1.54, 1.807) is 4.90 Å². The van der Waals surface area contributed by atoms with E-state index >= 15 is 0 Å². The van der Waals surface area contributed by atoms with Gasteiger partial charge in [0.2, 0.25) is 0 Å². The van der Waals surface area contributed by atoms with Crippen molar-refractivity contribution in [3.05, 3.63) is 83.3 Å². The lowest BCUT2D eigenvalue weighted by Gasteiger charge is -2.34. The summed E-state index contributed by atoms with van der Waals surface area (Å²) in [7, 11) is 0. The number of benzene rings is 1. The predicted molar refractivity (Wildman–Crippen MR) is 122 cm³/mol. The smallest absolute Gasteiger partial charge is 0.410 e. The van der Waals surface area contributed by atoms with Crippen LogP contribution in [-0.2, 0) is 12.8 Å². The fourth-order valence-corrected chi connectivity index (χ4v) is 3.63. The summed E-state index contributed by atoms with van der Waals surface area (Å²) in [6.07, 6.45) is 3.39. The van der Waals surface area contributed by atoms with E-state index in [0.717, 1.165) is 43.1 Å². The Morgan fingerprint density at radius 3 is 2.39 bits per heavy atom. The maximum Gasteiger partial charge on any atom is 0.415 e. The zero-order valence-electron chi connectivity index (χ0n) is 18.1. The minimum absolute atomic E-state index is 0.298. The summed E-state index contributed by atoms with van der Waals surface area (Å²) >= 11 is 0. The Kier molecular flexibility index (Phi) is 6.46. The van der Waals surface area contributed by atoms with Gasteiger partial charge in [0.1, 0.15) is 11.6 Å². The highest BCUT2D eigenvalue weighted by molar-refractivity contribution is 5.71. The average Bonchev–Trinajstić information content (AvgIpc) is 2.80. The number of pyridine rings is 2. The van der Waals surface area contributed by atoms with Gasteiger partial charge >= 0.3 is 6.09 Å². The van der Waals surface area contributed by atoms with Crippen molar-refractivity contribution in [2.24, 2.45) is 0 Å². The standard InChI is InChI=1S/C25H28N4O2/c1-19-6-10-22(26-18-19)11-7-21-8-12-23(13-9-21)31-25(30)29-16-14-28(15-17-29)24-5-3-4-20(2)27-24/h3-6,8-10,12-13,18H,7,11,14-17H2,1-2H3. The fraction of sp³-hybridized carbons (Fsp3) is 0.320. The van der Waals surface area contributed by atoms with Gasteiger partial charge in [0.05, 0.1) is 0 Å². The zero-order chi connectivity index (χ0) is 21.6. The Morgan fingerprint density at radius 2 is 1.71 bits per heavy atom. The van der Waals surface area contributed by atoms with Gasteiger partial charge in [0.15, 0.2) is 0 Å². The number of anilines is 1. The molecule has 0 saturated carbocycles. The molecule has 0 unspecified atom stereocenters. The van der Waals surface area contributed by atoms with Crippen LogP contribution in [0.25, 0.3) is 0 Å². The molecule has 6 nitrogen and oxygen atoms in total. The van der Waals surface area contributed by atoms with Gasteiger partial charge in [0, 0.05) is 43.8 Å².